The molecule has 1 aliphatic heterocycles. The van der Waals surface area contributed by atoms with Crippen molar-refractivity contribution >= 4 is 29.4 Å². The number of hydrogen-bond acceptors (Lipinski definition) is 5. The molecule has 8 heteroatoms. The molecule has 1 N–H and O–H groups in total. The number of thioether (sulfide) groups is 1. The van der Waals surface area contributed by atoms with E-state index < -0.39 is 0 Å². The predicted octanol–water partition coefficient (Wildman–Crippen LogP) is 5.55. The van der Waals surface area contributed by atoms with E-state index in [2.05, 4.69) is 5.32 Å². The maximum Gasteiger partial charge on any atom is 0.240 e. The monoisotopic (exact) mass is 540 g/mol. The highest BCUT2D eigenvalue weighted by molar-refractivity contribution is 8.00. The summed E-state index contributed by atoms with van der Waals surface area (Å²) in [6.45, 7) is 4.49. The van der Waals surface area contributed by atoms with Crippen molar-refractivity contribution in [3.63, 3.8) is 0 Å². The SMILES string of the molecule is CCCNC(=O)CN1C(=O)CS[C@@H](c2ccccc2OC)c2c(-c3ccccc3)nn(-c3ccccc3C)c21. The summed E-state index contributed by atoms with van der Waals surface area (Å²) in [6.07, 6.45) is 0.815. The topological polar surface area (TPSA) is 76.5 Å². The van der Waals surface area contributed by atoms with Gasteiger partial charge in [0, 0.05) is 23.2 Å². The van der Waals surface area contributed by atoms with Crippen LogP contribution in [-0.4, -0.2) is 47.5 Å². The maximum atomic E-state index is 13.8. The molecule has 200 valence electrons. The number of methoxy groups -OCH3 is 1. The van der Waals surface area contributed by atoms with Crippen LogP contribution in [0.25, 0.3) is 16.9 Å². The van der Waals surface area contributed by atoms with Crippen molar-refractivity contribution in [2.24, 2.45) is 0 Å². The first-order chi connectivity index (χ1) is 19.0. The van der Waals surface area contributed by atoms with E-state index in [-0.39, 0.29) is 29.4 Å². The standard InChI is InChI=1S/C31H32N4O3S/c1-4-18-32-26(36)19-34-27(37)20-39-30(23-15-9-11-17-25(23)38-3)28-29(22-13-6-5-7-14-22)33-35(31(28)34)24-16-10-8-12-21(24)2/h5-17,30H,4,18-20H2,1-3H3,(H,32,36)/t30-/m0/s1. The van der Waals surface area contributed by atoms with E-state index in [1.807, 2.05) is 97.4 Å². The van der Waals surface area contributed by atoms with Crippen LogP contribution in [0.3, 0.4) is 0 Å². The molecule has 0 unspecified atom stereocenters. The third-order valence-electron chi connectivity index (χ3n) is 6.78. The van der Waals surface area contributed by atoms with Crippen LogP contribution in [0.5, 0.6) is 5.75 Å². The summed E-state index contributed by atoms with van der Waals surface area (Å²) in [5, 5.41) is 7.84. The van der Waals surface area contributed by atoms with Crippen molar-refractivity contribution in [2.75, 3.05) is 30.9 Å². The molecule has 2 amide bonds. The molecule has 0 saturated heterocycles. The quantitative estimate of drug-likeness (QED) is 0.317. The Balaban J connectivity index is 1.82. The molecule has 0 radical (unpaired) electrons. The number of aromatic nitrogens is 2. The van der Waals surface area contributed by atoms with Crippen LogP contribution in [0.4, 0.5) is 5.82 Å². The van der Waals surface area contributed by atoms with Crippen molar-refractivity contribution in [3.05, 3.63) is 95.6 Å². The molecule has 1 atom stereocenters. The van der Waals surface area contributed by atoms with Gasteiger partial charge in [0.05, 0.1) is 29.5 Å². The number of nitrogens with one attached hydrogen (secondary N) is 1. The number of carbonyl (C=O) groups is 2. The zero-order valence-corrected chi connectivity index (χ0v) is 23.2. The lowest BCUT2D eigenvalue weighted by atomic mass is 9.99. The summed E-state index contributed by atoms with van der Waals surface area (Å²) in [7, 11) is 1.66. The van der Waals surface area contributed by atoms with Gasteiger partial charge in [0.1, 0.15) is 18.1 Å². The lowest BCUT2D eigenvalue weighted by molar-refractivity contribution is -0.122. The summed E-state index contributed by atoms with van der Waals surface area (Å²) in [5.74, 6) is 1.22. The molecular formula is C31H32N4O3S. The van der Waals surface area contributed by atoms with Gasteiger partial charge in [-0.3, -0.25) is 14.5 Å². The van der Waals surface area contributed by atoms with Gasteiger partial charge in [-0.25, -0.2) is 4.68 Å². The zero-order valence-electron chi connectivity index (χ0n) is 22.4. The summed E-state index contributed by atoms with van der Waals surface area (Å²) < 4.78 is 7.61. The second-order valence-corrected chi connectivity index (χ2v) is 10.5. The van der Waals surface area contributed by atoms with Crippen LogP contribution in [0, 0.1) is 6.92 Å². The van der Waals surface area contributed by atoms with Gasteiger partial charge in [-0.1, -0.05) is 73.7 Å². The van der Waals surface area contributed by atoms with Crippen molar-refractivity contribution in [3.8, 4) is 22.7 Å². The fourth-order valence-electron chi connectivity index (χ4n) is 4.89. The summed E-state index contributed by atoms with van der Waals surface area (Å²) in [5.41, 5.74) is 5.41. The number of fused-ring (bicyclic) bond motifs is 1. The Kier molecular flexibility index (Phi) is 8.02. The number of carbonyl (C=O) groups excluding carboxylic acids is 2. The Morgan fingerprint density at radius 1 is 1.05 bits per heavy atom. The van der Waals surface area contributed by atoms with E-state index in [0.717, 1.165) is 45.8 Å². The second-order valence-electron chi connectivity index (χ2n) is 9.41. The number of ether oxygens (including phenoxy) is 1. The smallest absolute Gasteiger partial charge is 0.240 e. The van der Waals surface area contributed by atoms with Gasteiger partial charge in [-0.05, 0) is 31.0 Å². The molecule has 0 bridgehead atoms. The molecular weight excluding hydrogens is 508 g/mol. The van der Waals surface area contributed by atoms with Gasteiger partial charge >= 0.3 is 0 Å². The van der Waals surface area contributed by atoms with Gasteiger partial charge < -0.3 is 10.1 Å². The highest BCUT2D eigenvalue weighted by atomic mass is 32.2. The van der Waals surface area contributed by atoms with Gasteiger partial charge in [-0.15, -0.1) is 11.8 Å². The first-order valence-electron chi connectivity index (χ1n) is 13.1. The number of rotatable bonds is 8. The normalized spacial score (nSPS) is 15.0. The molecule has 7 nitrogen and oxygen atoms in total. The first-order valence-corrected chi connectivity index (χ1v) is 14.1. The van der Waals surface area contributed by atoms with Gasteiger partial charge in [0.2, 0.25) is 11.8 Å². The number of anilines is 1. The van der Waals surface area contributed by atoms with Crippen LogP contribution >= 0.6 is 11.8 Å². The van der Waals surface area contributed by atoms with E-state index in [1.54, 1.807) is 12.0 Å². The van der Waals surface area contributed by atoms with Crippen molar-refractivity contribution in [1.82, 2.24) is 15.1 Å². The molecule has 0 fully saturated rings. The average molecular weight is 541 g/mol. The molecule has 3 aromatic carbocycles. The van der Waals surface area contributed by atoms with E-state index in [1.165, 1.54) is 11.8 Å². The Bertz CT molecular complexity index is 1480. The van der Waals surface area contributed by atoms with Crippen molar-refractivity contribution < 1.29 is 14.3 Å². The molecule has 2 heterocycles. The largest absolute Gasteiger partial charge is 0.496 e. The molecule has 1 aromatic heterocycles. The Hall–Kier alpha value is -4.04. The summed E-state index contributed by atoms with van der Waals surface area (Å²) in [6, 6.07) is 25.8. The van der Waals surface area contributed by atoms with E-state index in [0.29, 0.717) is 12.4 Å². The molecule has 0 aliphatic carbocycles. The summed E-state index contributed by atoms with van der Waals surface area (Å²) >= 11 is 1.53. The molecule has 4 aromatic rings. The molecule has 0 saturated carbocycles. The minimum Gasteiger partial charge on any atom is -0.496 e. The van der Waals surface area contributed by atoms with E-state index in [4.69, 9.17) is 9.84 Å². The van der Waals surface area contributed by atoms with Crippen LogP contribution in [0.2, 0.25) is 0 Å². The summed E-state index contributed by atoms with van der Waals surface area (Å²) in [4.78, 5) is 28.4. The lowest BCUT2D eigenvalue weighted by Gasteiger charge is -2.24. The van der Waals surface area contributed by atoms with E-state index >= 15 is 0 Å². The Morgan fingerprint density at radius 2 is 1.77 bits per heavy atom. The number of nitrogens with zero attached hydrogens (tertiary/aromatic N) is 3. The maximum absolute atomic E-state index is 13.8. The third kappa shape index (κ3) is 5.29. The number of para-hydroxylation sites is 2. The molecule has 39 heavy (non-hydrogen) atoms. The average Bonchev–Trinajstić information content (AvgIpc) is 3.29. The second kappa shape index (κ2) is 11.8. The molecule has 5 rings (SSSR count). The minimum absolute atomic E-state index is 0.0865. The highest BCUT2D eigenvalue weighted by Crippen LogP contribution is 2.50. The zero-order chi connectivity index (χ0) is 27.4. The molecule has 1 aliphatic rings. The number of aryl methyl sites for hydroxylation is 1. The van der Waals surface area contributed by atoms with Crippen molar-refractivity contribution in [2.45, 2.75) is 25.5 Å². The van der Waals surface area contributed by atoms with E-state index in [9.17, 15) is 9.59 Å². The first kappa shape index (κ1) is 26.6. The van der Waals surface area contributed by atoms with Crippen molar-refractivity contribution in [1.29, 1.82) is 0 Å². The molecule has 0 spiro atoms. The van der Waals surface area contributed by atoms with Gasteiger partial charge in [0.25, 0.3) is 0 Å². The van der Waals surface area contributed by atoms with Crippen LogP contribution < -0.4 is 15.0 Å². The van der Waals surface area contributed by atoms with Crippen LogP contribution in [0.1, 0.15) is 35.3 Å². The van der Waals surface area contributed by atoms with Crippen LogP contribution in [0.15, 0.2) is 78.9 Å². The highest BCUT2D eigenvalue weighted by Gasteiger charge is 2.38. The number of hydrogen-bond donors (Lipinski definition) is 1. The predicted molar refractivity (Wildman–Crippen MR) is 157 cm³/mol. The fourth-order valence-corrected chi connectivity index (χ4v) is 6.11. The number of amides is 2. The Labute approximate surface area is 233 Å². The Morgan fingerprint density at radius 3 is 2.51 bits per heavy atom. The van der Waals surface area contributed by atoms with Crippen LogP contribution in [-0.2, 0) is 9.59 Å². The van der Waals surface area contributed by atoms with Gasteiger partial charge in [0.15, 0.2) is 0 Å². The fraction of sp³-hybridized carbons (Fsp3) is 0.258. The lowest BCUT2D eigenvalue weighted by Crippen LogP contribution is -2.42. The minimum atomic E-state index is -0.253. The third-order valence-corrected chi connectivity index (χ3v) is 8.01. The number of benzene rings is 3. The van der Waals surface area contributed by atoms with Gasteiger partial charge in [-0.2, -0.15) is 5.10 Å².